The largest absolute Gasteiger partial charge is 0.429 e. The fraction of sp³-hybridized carbons (Fsp3) is 0.357. The predicted molar refractivity (Wildman–Crippen MR) is 66.5 cm³/mol. The number of rotatable bonds is 2. The van der Waals surface area contributed by atoms with Crippen LogP contribution in [0.3, 0.4) is 0 Å². The summed E-state index contributed by atoms with van der Waals surface area (Å²) in [5, 5.41) is 19.5. The van der Waals surface area contributed by atoms with E-state index in [4.69, 9.17) is 4.74 Å². The summed E-state index contributed by atoms with van der Waals surface area (Å²) in [4.78, 5) is 11.2. The summed E-state index contributed by atoms with van der Waals surface area (Å²) in [6.45, 7) is 1.99. The summed E-state index contributed by atoms with van der Waals surface area (Å²) in [6, 6.07) is 7.70. The Morgan fingerprint density at radius 1 is 1.39 bits per heavy atom. The highest BCUT2D eigenvalue weighted by Crippen LogP contribution is 2.25. The molecule has 4 nitrogen and oxygen atoms in total. The molecule has 18 heavy (non-hydrogen) atoms. The molecule has 0 aromatic heterocycles. The van der Waals surface area contributed by atoms with Crippen molar-refractivity contribution in [3.63, 3.8) is 0 Å². The lowest BCUT2D eigenvalue weighted by molar-refractivity contribution is -0.214. The standard InChI is InChI=1S/C14H16O4/c1-10-2-4-11(5-3-10)6-7-14(17)9-12(15)8-13(16)18-14/h2-7,12,15,17H,8-9H2,1H3/b7-6+/t12-,14+/m1/s1. The van der Waals surface area contributed by atoms with Gasteiger partial charge in [0.05, 0.1) is 12.5 Å². The molecule has 4 heteroatoms. The van der Waals surface area contributed by atoms with Gasteiger partial charge < -0.3 is 14.9 Å². The Morgan fingerprint density at radius 2 is 2.06 bits per heavy atom. The molecule has 0 bridgehead atoms. The summed E-state index contributed by atoms with van der Waals surface area (Å²) < 4.78 is 4.86. The van der Waals surface area contributed by atoms with Crippen molar-refractivity contribution in [2.75, 3.05) is 0 Å². The van der Waals surface area contributed by atoms with Gasteiger partial charge in [-0.1, -0.05) is 35.9 Å². The van der Waals surface area contributed by atoms with Crippen LogP contribution in [0.5, 0.6) is 0 Å². The average Bonchev–Trinajstić information content (AvgIpc) is 2.26. The van der Waals surface area contributed by atoms with Gasteiger partial charge in [-0.3, -0.25) is 4.79 Å². The van der Waals surface area contributed by atoms with Crippen molar-refractivity contribution >= 4 is 12.0 Å². The maximum absolute atomic E-state index is 11.2. The monoisotopic (exact) mass is 248 g/mol. The van der Waals surface area contributed by atoms with E-state index in [9.17, 15) is 15.0 Å². The Hall–Kier alpha value is -1.65. The summed E-state index contributed by atoms with van der Waals surface area (Å²) in [5.74, 6) is -2.30. The van der Waals surface area contributed by atoms with Crippen LogP contribution < -0.4 is 0 Å². The molecule has 0 spiro atoms. The number of esters is 1. The van der Waals surface area contributed by atoms with Crippen LogP contribution in [0.2, 0.25) is 0 Å². The highest BCUT2D eigenvalue weighted by molar-refractivity contribution is 5.71. The SMILES string of the molecule is Cc1ccc(/C=C/[C@@]2(O)C[C@H](O)CC(=O)O2)cc1. The van der Waals surface area contributed by atoms with Crippen LogP contribution in [-0.4, -0.2) is 28.1 Å². The molecule has 1 aromatic carbocycles. The average molecular weight is 248 g/mol. The van der Waals surface area contributed by atoms with Gasteiger partial charge >= 0.3 is 5.97 Å². The van der Waals surface area contributed by atoms with Gasteiger partial charge in [0.2, 0.25) is 5.79 Å². The topological polar surface area (TPSA) is 66.8 Å². The number of carbonyl (C=O) groups excluding carboxylic acids is 1. The van der Waals surface area contributed by atoms with E-state index < -0.39 is 17.9 Å². The van der Waals surface area contributed by atoms with E-state index in [1.165, 1.54) is 6.08 Å². The molecule has 0 saturated carbocycles. The quantitative estimate of drug-likeness (QED) is 0.776. The first-order chi connectivity index (χ1) is 8.47. The van der Waals surface area contributed by atoms with E-state index in [1.54, 1.807) is 6.08 Å². The van der Waals surface area contributed by atoms with Gasteiger partial charge in [-0.15, -0.1) is 0 Å². The first kappa shape index (κ1) is 12.8. The first-order valence-corrected chi connectivity index (χ1v) is 5.85. The zero-order valence-corrected chi connectivity index (χ0v) is 10.2. The normalized spacial score (nSPS) is 28.4. The molecule has 2 rings (SSSR count). The Labute approximate surface area is 106 Å². The number of aliphatic hydroxyl groups is 2. The number of cyclic esters (lactones) is 1. The molecule has 1 aromatic rings. The van der Waals surface area contributed by atoms with E-state index in [0.29, 0.717) is 0 Å². The van der Waals surface area contributed by atoms with E-state index in [2.05, 4.69) is 0 Å². The number of benzene rings is 1. The Kier molecular flexibility index (Phi) is 3.50. The number of hydrogen-bond acceptors (Lipinski definition) is 4. The summed E-state index contributed by atoms with van der Waals surface area (Å²) in [6.07, 6.45) is 2.14. The molecular formula is C14H16O4. The lowest BCUT2D eigenvalue weighted by Crippen LogP contribution is -2.42. The van der Waals surface area contributed by atoms with Crippen LogP contribution in [-0.2, 0) is 9.53 Å². The Bertz CT molecular complexity index is 463. The zero-order chi connectivity index (χ0) is 13.2. The molecule has 96 valence electrons. The Balaban J connectivity index is 2.11. The molecule has 0 amide bonds. The summed E-state index contributed by atoms with van der Waals surface area (Å²) in [5.41, 5.74) is 2.04. The third kappa shape index (κ3) is 3.18. The maximum Gasteiger partial charge on any atom is 0.311 e. The van der Waals surface area contributed by atoms with E-state index >= 15 is 0 Å². The van der Waals surface area contributed by atoms with E-state index in [1.807, 2.05) is 31.2 Å². The molecule has 0 aliphatic carbocycles. The van der Waals surface area contributed by atoms with Gasteiger partial charge in [-0.05, 0) is 18.6 Å². The van der Waals surface area contributed by atoms with Crippen molar-refractivity contribution in [3.8, 4) is 0 Å². The molecule has 0 unspecified atom stereocenters. The van der Waals surface area contributed by atoms with Gasteiger partial charge in [0.1, 0.15) is 0 Å². The predicted octanol–water partition coefficient (Wildman–Crippen LogP) is 1.39. The van der Waals surface area contributed by atoms with Crippen molar-refractivity contribution in [2.45, 2.75) is 31.7 Å². The lowest BCUT2D eigenvalue weighted by Gasteiger charge is -2.31. The van der Waals surface area contributed by atoms with Crippen LogP contribution in [0.15, 0.2) is 30.3 Å². The van der Waals surface area contributed by atoms with Gasteiger partial charge in [-0.2, -0.15) is 0 Å². The minimum absolute atomic E-state index is 0.00109. The number of hydrogen-bond donors (Lipinski definition) is 2. The third-order valence-corrected chi connectivity index (χ3v) is 2.83. The van der Waals surface area contributed by atoms with Gasteiger partial charge in [0.15, 0.2) is 0 Å². The van der Waals surface area contributed by atoms with Crippen molar-refractivity contribution in [2.24, 2.45) is 0 Å². The fourth-order valence-corrected chi connectivity index (χ4v) is 1.89. The molecule has 2 N–H and O–H groups in total. The van der Waals surface area contributed by atoms with Crippen molar-refractivity contribution in [1.82, 2.24) is 0 Å². The van der Waals surface area contributed by atoms with Crippen molar-refractivity contribution in [1.29, 1.82) is 0 Å². The smallest absolute Gasteiger partial charge is 0.311 e. The van der Waals surface area contributed by atoms with Crippen LogP contribution >= 0.6 is 0 Å². The van der Waals surface area contributed by atoms with Crippen molar-refractivity contribution < 1.29 is 19.7 Å². The number of aryl methyl sites for hydroxylation is 1. The van der Waals surface area contributed by atoms with Crippen molar-refractivity contribution in [3.05, 3.63) is 41.5 Å². The highest BCUT2D eigenvalue weighted by atomic mass is 16.7. The molecule has 1 aliphatic rings. The molecule has 1 saturated heterocycles. The second kappa shape index (κ2) is 4.92. The fourth-order valence-electron chi connectivity index (χ4n) is 1.89. The van der Waals surface area contributed by atoms with Gasteiger partial charge in [-0.25, -0.2) is 0 Å². The van der Waals surface area contributed by atoms with Crippen LogP contribution in [0, 0.1) is 6.92 Å². The number of ether oxygens (including phenoxy) is 1. The molecular weight excluding hydrogens is 232 g/mol. The third-order valence-electron chi connectivity index (χ3n) is 2.83. The summed E-state index contributed by atoms with van der Waals surface area (Å²) in [7, 11) is 0. The van der Waals surface area contributed by atoms with Crippen LogP contribution in [0.4, 0.5) is 0 Å². The second-order valence-corrected chi connectivity index (χ2v) is 4.62. The number of aliphatic hydroxyl groups excluding tert-OH is 1. The van der Waals surface area contributed by atoms with E-state index in [-0.39, 0.29) is 12.8 Å². The number of carbonyl (C=O) groups is 1. The second-order valence-electron chi connectivity index (χ2n) is 4.62. The Morgan fingerprint density at radius 3 is 2.67 bits per heavy atom. The summed E-state index contributed by atoms with van der Waals surface area (Å²) >= 11 is 0. The molecule has 2 atom stereocenters. The highest BCUT2D eigenvalue weighted by Gasteiger charge is 2.37. The minimum atomic E-state index is -1.71. The minimum Gasteiger partial charge on any atom is -0.429 e. The van der Waals surface area contributed by atoms with Gasteiger partial charge in [0.25, 0.3) is 0 Å². The van der Waals surface area contributed by atoms with Crippen LogP contribution in [0.25, 0.3) is 6.08 Å². The molecule has 1 fully saturated rings. The van der Waals surface area contributed by atoms with Crippen LogP contribution in [0.1, 0.15) is 24.0 Å². The maximum atomic E-state index is 11.2. The lowest BCUT2D eigenvalue weighted by atomic mass is 10.0. The molecule has 1 heterocycles. The molecule has 0 radical (unpaired) electrons. The molecule has 1 aliphatic heterocycles. The first-order valence-electron chi connectivity index (χ1n) is 5.85. The zero-order valence-electron chi connectivity index (χ0n) is 10.2. The van der Waals surface area contributed by atoms with Gasteiger partial charge in [0, 0.05) is 6.42 Å². The van der Waals surface area contributed by atoms with E-state index in [0.717, 1.165) is 11.1 Å².